The molecule has 1 aromatic carbocycles. The molecule has 1 N–H and O–H groups in total. The van der Waals surface area contributed by atoms with Gasteiger partial charge in [-0.1, -0.05) is 39.2 Å². The largest absolute Gasteiger partial charge is 0.465 e. The zero-order valence-electron chi connectivity index (χ0n) is 19.9. The van der Waals surface area contributed by atoms with Crippen molar-refractivity contribution in [3.05, 3.63) is 51.4 Å². The number of nitrogens with one attached hydrogen (secondary N) is 1. The van der Waals surface area contributed by atoms with Crippen LogP contribution in [0.4, 0.5) is 5.88 Å². The molecule has 0 spiro atoms. The van der Waals surface area contributed by atoms with E-state index in [0.29, 0.717) is 11.0 Å². The predicted octanol–water partition coefficient (Wildman–Crippen LogP) is 5.49. The quantitative estimate of drug-likeness (QED) is 0.474. The van der Waals surface area contributed by atoms with Crippen molar-refractivity contribution in [2.75, 3.05) is 19.5 Å². The zero-order chi connectivity index (χ0) is 24.4. The molecule has 0 aliphatic heterocycles. The van der Waals surface area contributed by atoms with Crippen LogP contribution in [-0.2, 0) is 9.47 Å². The van der Waals surface area contributed by atoms with Crippen LogP contribution in [0.5, 0.6) is 0 Å². The number of furan rings is 1. The molecule has 3 aromatic rings. The van der Waals surface area contributed by atoms with Crippen molar-refractivity contribution >= 4 is 28.8 Å². The maximum Gasteiger partial charge on any atom is 0.344 e. The third kappa shape index (κ3) is 4.32. The van der Waals surface area contributed by atoms with Gasteiger partial charge in [-0.2, -0.15) is 0 Å². The van der Waals surface area contributed by atoms with E-state index in [4.69, 9.17) is 18.3 Å². The summed E-state index contributed by atoms with van der Waals surface area (Å²) in [7, 11) is 2.42. The Hall–Kier alpha value is -3.55. The Kier molecular flexibility index (Phi) is 6.77. The Morgan fingerprint density at radius 2 is 1.71 bits per heavy atom. The van der Waals surface area contributed by atoms with Crippen LogP contribution in [0.25, 0.3) is 22.3 Å². The van der Waals surface area contributed by atoms with Crippen molar-refractivity contribution < 1.29 is 27.9 Å². The van der Waals surface area contributed by atoms with E-state index in [-0.39, 0.29) is 45.7 Å². The van der Waals surface area contributed by atoms with Gasteiger partial charge in [0.1, 0.15) is 28.5 Å². The van der Waals surface area contributed by atoms with Crippen LogP contribution in [-0.4, -0.2) is 32.2 Å². The highest BCUT2D eigenvalue weighted by atomic mass is 16.5. The number of fused-ring (bicyclic) bond motifs is 1. The van der Waals surface area contributed by atoms with Crippen molar-refractivity contribution in [2.45, 2.75) is 57.9 Å². The molecule has 0 amide bonds. The van der Waals surface area contributed by atoms with Gasteiger partial charge in [0.05, 0.1) is 19.6 Å². The highest BCUT2D eigenvalue weighted by Crippen LogP contribution is 2.37. The SMILES string of the molecule is COC(=O)c1c(NC2CCCCC2)oc(-c2coc3ccc(C(C)C)cc3c2=O)c1C(=O)OC. The first-order valence-electron chi connectivity index (χ1n) is 11.5. The third-order valence-electron chi connectivity index (χ3n) is 6.34. The molecule has 0 radical (unpaired) electrons. The van der Waals surface area contributed by atoms with Gasteiger partial charge in [-0.25, -0.2) is 9.59 Å². The summed E-state index contributed by atoms with van der Waals surface area (Å²) in [5, 5.41) is 3.61. The third-order valence-corrected chi connectivity index (χ3v) is 6.34. The van der Waals surface area contributed by atoms with Crippen molar-refractivity contribution in [1.29, 1.82) is 0 Å². The molecule has 0 unspecified atom stereocenters. The van der Waals surface area contributed by atoms with Gasteiger partial charge in [0.25, 0.3) is 0 Å². The molecule has 0 atom stereocenters. The summed E-state index contributed by atoms with van der Waals surface area (Å²) in [5.74, 6) is -1.37. The Balaban J connectivity index is 1.93. The second kappa shape index (κ2) is 9.75. The first kappa shape index (κ1) is 23.6. The molecule has 1 fully saturated rings. The fraction of sp³-hybridized carbons (Fsp3) is 0.423. The highest BCUT2D eigenvalue weighted by Gasteiger charge is 2.34. The lowest BCUT2D eigenvalue weighted by Crippen LogP contribution is -2.23. The number of methoxy groups -OCH3 is 2. The van der Waals surface area contributed by atoms with Gasteiger partial charge in [0.2, 0.25) is 11.3 Å². The molecule has 2 heterocycles. The fourth-order valence-electron chi connectivity index (χ4n) is 4.41. The Labute approximate surface area is 197 Å². The average Bonchev–Trinajstić information content (AvgIpc) is 3.22. The number of hydrogen-bond donors (Lipinski definition) is 1. The van der Waals surface area contributed by atoms with E-state index in [1.807, 2.05) is 19.9 Å². The van der Waals surface area contributed by atoms with E-state index in [1.54, 1.807) is 12.1 Å². The molecular formula is C26H29NO7. The lowest BCUT2D eigenvalue weighted by atomic mass is 9.95. The van der Waals surface area contributed by atoms with Gasteiger partial charge in [0.15, 0.2) is 5.76 Å². The minimum atomic E-state index is -0.814. The summed E-state index contributed by atoms with van der Waals surface area (Å²) in [6.07, 6.45) is 6.30. The smallest absolute Gasteiger partial charge is 0.344 e. The van der Waals surface area contributed by atoms with Gasteiger partial charge in [-0.3, -0.25) is 4.79 Å². The molecule has 0 saturated heterocycles. The van der Waals surface area contributed by atoms with Crippen LogP contribution < -0.4 is 10.7 Å². The monoisotopic (exact) mass is 467 g/mol. The topological polar surface area (TPSA) is 108 Å². The maximum atomic E-state index is 13.5. The number of carbonyl (C=O) groups is 2. The van der Waals surface area contributed by atoms with Crippen molar-refractivity contribution in [2.24, 2.45) is 0 Å². The first-order valence-corrected chi connectivity index (χ1v) is 11.5. The maximum absolute atomic E-state index is 13.5. The summed E-state index contributed by atoms with van der Waals surface area (Å²) in [6, 6.07) is 5.50. The molecule has 8 nitrogen and oxygen atoms in total. The Morgan fingerprint density at radius 1 is 1.03 bits per heavy atom. The van der Waals surface area contributed by atoms with E-state index in [0.717, 1.165) is 37.7 Å². The van der Waals surface area contributed by atoms with Gasteiger partial charge in [0, 0.05) is 6.04 Å². The van der Waals surface area contributed by atoms with Gasteiger partial charge in [-0.15, -0.1) is 0 Å². The van der Waals surface area contributed by atoms with Gasteiger partial charge in [-0.05, 0) is 36.5 Å². The predicted molar refractivity (Wildman–Crippen MR) is 127 cm³/mol. The highest BCUT2D eigenvalue weighted by molar-refractivity contribution is 6.10. The molecule has 8 heteroatoms. The van der Waals surface area contributed by atoms with E-state index in [9.17, 15) is 14.4 Å². The second-order valence-corrected chi connectivity index (χ2v) is 8.86. The van der Waals surface area contributed by atoms with Crippen LogP contribution in [0, 0.1) is 0 Å². The Morgan fingerprint density at radius 3 is 2.35 bits per heavy atom. The number of ether oxygens (including phenoxy) is 2. The standard InChI is InChI=1S/C26H29NO7/c1-14(2)15-10-11-19-17(12-15)22(28)18(13-33-19)23-20(25(29)31-3)21(26(30)32-4)24(34-23)27-16-8-6-5-7-9-16/h10-14,16,27H,5-9H2,1-4H3. The van der Waals surface area contributed by atoms with Gasteiger partial charge < -0.3 is 23.6 Å². The number of hydrogen-bond acceptors (Lipinski definition) is 8. The lowest BCUT2D eigenvalue weighted by Gasteiger charge is -2.22. The van der Waals surface area contributed by atoms with E-state index >= 15 is 0 Å². The normalized spacial score (nSPS) is 14.4. The number of benzene rings is 1. The van der Waals surface area contributed by atoms with Crippen molar-refractivity contribution in [3.8, 4) is 11.3 Å². The van der Waals surface area contributed by atoms with Crippen LogP contribution in [0.2, 0.25) is 0 Å². The summed E-state index contributed by atoms with van der Waals surface area (Å²) < 4.78 is 21.6. The molecule has 180 valence electrons. The molecule has 2 aromatic heterocycles. The number of esters is 2. The molecule has 1 saturated carbocycles. The van der Waals surface area contributed by atoms with Crippen molar-refractivity contribution in [1.82, 2.24) is 0 Å². The molecular weight excluding hydrogens is 438 g/mol. The van der Waals surface area contributed by atoms with E-state index < -0.39 is 11.9 Å². The van der Waals surface area contributed by atoms with Crippen LogP contribution in [0.1, 0.15) is 78.1 Å². The van der Waals surface area contributed by atoms with E-state index in [2.05, 4.69) is 5.32 Å². The van der Waals surface area contributed by atoms with Crippen LogP contribution in [0.15, 0.2) is 38.1 Å². The Bertz CT molecular complexity index is 1280. The van der Waals surface area contributed by atoms with Crippen LogP contribution >= 0.6 is 0 Å². The first-order chi connectivity index (χ1) is 16.3. The lowest BCUT2D eigenvalue weighted by molar-refractivity contribution is 0.0558. The molecule has 0 bridgehead atoms. The molecule has 34 heavy (non-hydrogen) atoms. The summed E-state index contributed by atoms with van der Waals surface area (Å²) in [5.41, 5.74) is 0.779. The fourth-order valence-corrected chi connectivity index (χ4v) is 4.41. The molecule has 1 aliphatic carbocycles. The summed E-state index contributed by atoms with van der Waals surface area (Å²) in [6.45, 7) is 4.06. The minimum Gasteiger partial charge on any atom is -0.465 e. The van der Waals surface area contributed by atoms with E-state index in [1.165, 1.54) is 20.5 Å². The second-order valence-electron chi connectivity index (χ2n) is 8.86. The average molecular weight is 468 g/mol. The number of rotatable bonds is 6. The zero-order valence-corrected chi connectivity index (χ0v) is 19.9. The number of carbonyl (C=O) groups excluding carboxylic acids is 2. The van der Waals surface area contributed by atoms with Crippen molar-refractivity contribution in [3.63, 3.8) is 0 Å². The molecule has 4 rings (SSSR count). The number of anilines is 1. The molecule has 1 aliphatic rings. The minimum absolute atomic E-state index is 0.0238. The van der Waals surface area contributed by atoms with Crippen LogP contribution in [0.3, 0.4) is 0 Å². The summed E-state index contributed by atoms with van der Waals surface area (Å²) in [4.78, 5) is 39.1. The summed E-state index contributed by atoms with van der Waals surface area (Å²) >= 11 is 0. The van der Waals surface area contributed by atoms with Gasteiger partial charge >= 0.3 is 11.9 Å².